The Morgan fingerprint density at radius 3 is 2.40 bits per heavy atom. The second-order valence-corrected chi connectivity index (χ2v) is 8.75. The minimum absolute atomic E-state index is 0.0438. The summed E-state index contributed by atoms with van der Waals surface area (Å²) in [6.45, 7) is 13.4. The zero-order chi connectivity index (χ0) is 19.0. The van der Waals surface area contributed by atoms with Crippen LogP contribution in [-0.4, -0.2) is 60.6 Å². The number of rotatable bonds is 11. The Kier molecular flexibility index (Phi) is 10.8. The summed E-state index contributed by atoms with van der Waals surface area (Å²) in [6, 6.07) is 2.85. The molecule has 0 bridgehead atoms. The van der Waals surface area contributed by atoms with Gasteiger partial charge in [-0.15, -0.1) is 12.6 Å². The van der Waals surface area contributed by atoms with E-state index in [9.17, 15) is 0 Å². The molecule has 0 radical (unpaired) electrons. The number of hydrogen-bond acceptors (Lipinski definition) is 7. The van der Waals surface area contributed by atoms with Crippen LogP contribution >= 0.6 is 20.9 Å². The number of ether oxygens (including phenoxy) is 3. The molecule has 1 fully saturated rings. The minimum atomic E-state index is -0.781. The number of thiol groups is 1. The molecule has 5 atom stereocenters. The highest BCUT2D eigenvalue weighted by molar-refractivity contribution is 7.80. The smallest absolute Gasteiger partial charge is 0.147 e. The Morgan fingerprint density at radius 2 is 1.88 bits per heavy atom. The molecule has 8 heteroatoms. The van der Waals surface area contributed by atoms with E-state index in [0.29, 0.717) is 25.1 Å². The molecule has 1 heterocycles. The van der Waals surface area contributed by atoms with Gasteiger partial charge >= 0.3 is 0 Å². The van der Waals surface area contributed by atoms with E-state index >= 15 is 0 Å². The molecule has 6 nitrogen and oxygen atoms in total. The molecule has 5 unspecified atom stereocenters. The van der Waals surface area contributed by atoms with Crippen molar-refractivity contribution in [2.75, 3.05) is 20.1 Å². The highest BCUT2D eigenvalue weighted by Crippen LogP contribution is 2.46. The summed E-state index contributed by atoms with van der Waals surface area (Å²) in [4.78, 5) is 0. The number of hydrogen-bond donors (Lipinski definition) is 1. The Morgan fingerprint density at radius 1 is 1.24 bits per heavy atom. The third-order valence-corrected chi connectivity index (χ3v) is 6.59. The summed E-state index contributed by atoms with van der Waals surface area (Å²) in [5.41, 5.74) is -0.343. The van der Waals surface area contributed by atoms with Crippen LogP contribution in [0.1, 0.15) is 47.5 Å². The van der Waals surface area contributed by atoms with Gasteiger partial charge in [0.15, 0.2) is 0 Å². The normalized spacial score (nSPS) is 28.0. The van der Waals surface area contributed by atoms with Crippen molar-refractivity contribution in [2.24, 2.45) is 0 Å². The van der Waals surface area contributed by atoms with E-state index < -0.39 is 8.30 Å². The maximum atomic E-state index is 8.54. The molecular formula is C17H33N2O4PS. The molecule has 0 aromatic carbocycles. The van der Waals surface area contributed by atoms with Gasteiger partial charge in [-0.1, -0.05) is 6.92 Å². The average Bonchev–Trinajstić information content (AvgIpc) is 2.82. The molecule has 0 amide bonds. The van der Waals surface area contributed by atoms with Gasteiger partial charge in [0.25, 0.3) is 0 Å². The second-order valence-electron chi connectivity index (χ2n) is 6.64. The molecule has 0 spiro atoms. The lowest BCUT2D eigenvalue weighted by molar-refractivity contribution is -0.110. The van der Waals surface area contributed by atoms with Gasteiger partial charge in [-0.3, -0.25) is 4.67 Å². The topological polar surface area (TPSA) is 64.0 Å². The first-order chi connectivity index (χ1) is 11.8. The van der Waals surface area contributed by atoms with Gasteiger partial charge < -0.3 is 18.7 Å². The van der Waals surface area contributed by atoms with Crippen molar-refractivity contribution in [2.45, 2.75) is 83.3 Å². The third-order valence-electron chi connectivity index (χ3n) is 4.05. The summed E-state index contributed by atoms with van der Waals surface area (Å²) >= 11 is 4.52. The molecule has 1 aliphatic rings. The molecule has 1 rings (SSSR count). The molecular weight excluding hydrogens is 359 g/mol. The molecule has 0 aliphatic carbocycles. The number of nitrogens with zero attached hydrogens (tertiary/aromatic N) is 2. The Labute approximate surface area is 159 Å². The first kappa shape index (κ1) is 23.1. The maximum absolute atomic E-state index is 8.54. The van der Waals surface area contributed by atoms with Crippen LogP contribution in [0.3, 0.4) is 0 Å². The lowest BCUT2D eigenvalue weighted by Crippen LogP contribution is -2.39. The lowest BCUT2D eigenvalue weighted by Gasteiger charge is -2.37. The third kappa shape index (κ3) is 6.95. The predicted octanol–water partition coefficient (Wildman–Crippen LogP) is 3.77. The zero-order valence-corrected chi connectivity index (χ0v) is 18.0. The van der Waals surface area contributed by atoms with Crippen molar-refractivity contribution in [3.63, 3.8) is 0 Å². The Bertz CT molecular complexity index is 414. The van der Waals surface area contributed by atoms with Gasteiger partial charge in [-0.2, -0.15) is 5.26 Å². The van der Waals surface area contributed by atoms with E-state index in [0.717, 1.165) is 6.42 Å². The summed E-state index contributed by atoms with van der Waals surface area (Å²) in [5, 5.41) is 8.54. The van der Waals surface area contributed by atoms with Gasteiger partial charge in [0.1, 0.15) is 32.7 Å². The highest BCUT2D eigenvalue weighted by Gasteiger charge is 2.45. The van der Waals surface area contributed by atoms with Crippen LogP contribution < -0.4 is 0 Å². The van der Waals surface area contributed by atoms with Crippen LogP contribution in [-0.2, 0) is 18.7 Å². The Balaban J connectivity index is 2.71. The van der Waals surface area contributed by atoms with Crippen molar-refractivity contribution in [3.05, 3.63) is 0 Å². The van der Waals surface area contributed by atoms with Crippen LogP contribution in [0.15, 0.2) is 0 Å². The van der Waals surface area contributed by atoms with Gasteiger partial charge in [0.05, 0.1) is 25.2 Å². The van der Waals surface area contributed by atoms with Gasteiger partial charge in [-0.05, 0) is 40.8 Å². The largest absolute Gasteiger partial charge is 0.359 e. The van der Waals surface area contributed by atoms with Crippen molar-refractivity contribution < 1.29 is 18.7 Å². The van der Waals surface area contributed by atoms with E-state index in [4.69, 9.17) is 24.0 Å². The lowest BCUT2D eigenvalue weighted by atomic mass is 10.1. The van der Waals surface area contributed by atoms with E-state index in [1.807, 2.05) is 6.07 Å². The van der Waals surface area contributed by atoms with Crippen LogP contribution in [0.5, 0.6) is 0 Å². The standard InChI is InChI=1S/C17H33N2O4PS/c1-7-14-15(23-24(6)19(12(2)3)13(4)5)16(17(25)22-14)21-11-20-10-8-9-18/h12-17,25H,7-8,10-11H2,1-6H3. The van der Waals surface area contributed by atoms with Crippen LogP contribution in [0.25, 0.3) is 0 Å². The summed E-state index contributed by atoms with van der Waals surface area (Å²) in [6.07, 6.45) is 0.677. The number of nitriles is 1. The van der Waals surface area contributed by atoms with Crippen LogP contribution in [0, 0.1) is 11.3 Å². The van der Waals surface area contributed by atoms with Crippen molar-refractivity contribution in [3.8, 4) is 6.07 Å². The fraction of sp³-hybridized carbons (Fsp3) is 0.941. The van der Waals surface area contributed by atoms with Crippen molar-refractivity contribution in [1.82, 2.24) is 4.67 Å². The SMILES string of the molecule is CCC1OC(S)C(OCOCCC#N)C1OP(C)N(C(C)C)C(C)C. The quantitative estimate of drug-likeness (QED) is 0.250. The zero-order valence-electron chi connectivity index (χ0n) is 16.2. The van der Waals surface area contributed by atoms with Crippen molar-refractivity contribution >= 4 is 20.9 Å². The fourth-order valence-corrected chi connectivity index (χ4v) is 5.55. The second kappa shape index (κ2) is 11.7. The molecule has 0 aromatic rings. The first-order valence-electron chi connectivity index (χ1n) is 8.92. The van der Waals surface area contributed by atoms with E-state index in [1.165, 1.54) is 0 Å². The first-order valence-corrected chi connectivity index (χ1v) is 11.1. The van der Waals surface area contributed by atoms with Crippen LogP contribution in [0.2, 0.25) is 0 Å². The van der Waals surface area contributed by atoms with E-state index in [-0.39, 0.29) is 30.5 Å². The van der Waals surface area contributed by atoms with E-state index in [1.54, 1.807) is 0 Å². The fourth-order valence-electron chi connectivity index (χ4n) is 3.12. The maximum Gasteiger partial charge on any atom is 0.147 e. The molecule has 0 N–H and O–H groups in total. The molecule has 0 aromatic heterocycles. The van der Waals surface area contributed by atoms with Crippen molar-refractivity contribution in [1.29, 1.82) is 5.26 Å². The summed E-state index contributed by atoms with van der Waals surface area (Å²) in [7, 11) is -0.781. The highest BCUT2D eigenvalue weighted by atomic mass is 32.1. The van der Waals surface area contributed by atoms with Crippen LogP contribution in [0.4, 0.5) is 0 Å². The van der Waals surface area contributed by atoms with Gasteiger partial charge in [-0.25, -0.2) is 0 Å². The van der Waals surface area contributed by atoms with Gasteiger partial charge in [0, 0.05) is 12.1 Å². The molecule has 0 saturated carbocycles. The molecule has 146 valence electrons. The molecule has 1 aliphatic heterocycles. The predicted molar refractivity (Wildman–Crippen MR) is 104 cm³/mol. The van der Waals surface area contributed by atoms with E-state index in [2.05, 4.69) is 58.6 Å². The summed E-state index contributed by atoms with van der Waals surface area (Å²) in [5.74, 6) is 0. The summed E-state index contributed by atoms with van der Waals surface area (Å²) < 4.78 is 25.9. The molecule has 25 heavy (non-hydrogen) atoms. The average molecular weight is 393 g/mol. The monoisotopic (exact) mass is 392 g/mol. The minimum Gasteiger partial charge on any atom is -0.359 e. The molecule has 1 saturated heterocycles. The Hall–Kier alpha value is 0.0700. The van der Waals surface area contributed by atoms with Gasteiger partial charge in [0.2, 0.25) is 0 Å².